The van der Waals surface area contributed by atoms with E-state index in [-0.39, 0.29) is 11.8 Å². The molecule has 0 saturated carbocycles. The Morgan fingerprint density at radius 1 is 1.00 bits per heavy atom. The number of aromatic nitrogens is 3. The van der Waals surface area contributed by atoms with Crippen molar-refractivity contribution in [3.8, 4) is 23.5 Å². The summed E-state index contributed by atoms with van der Waals surface area (Å²) in [6.45, 7) is 2.00. The molecule has 0 spiro atoms. The summed E-state index contributed by atoms with van der Waals surface area (Å²) < 4.78 is 8.15. The van der Waals surface area contributed by atoms with E-state index >= 15 is 0 Å². The van der Waals surface area contributed by atoms with E-state index in [4.69, 9.17) is 9.72 Å². The second kappa shape index (κ2) is 7.61. The van der Waals surface area contributed by atoms with Crippen LogP contribution in [0.5, 0.6) is 11.8 Å². The van der Waals surface area contributed by atoms with Crippen LogP contribution in [0, 0.1) is 11.3 Å². The monoisotopic (exact) mass is 490 g/mol. The van der Waals surface area contributed by atoms with E-state index in [2.05, 4.69) is 11.1 Å². The lowest BCUT2D eigenvalue weighted by atomic mass is 9.77. The Kier molecular flexibility index (Phi) is 4.52. The number of nitrogens with zero attached hydrogens (tertiary/aromatic N) is 3. The highest BCUT2D eigenvalue weighted by atomic mass is 16.5. The van der Waals surface area contributed by atoms with E-state index in [1.807, 2.05) is 55.5 Å². The Bertz CT molecular complexity index is 1730. The number of aromatic amines is 1. The average molecular weight is 491 g/mol. The highest BCUT2D eigenvalue weighted by Gasteiger charge is 2.61. The molecule has 2 bridgehead atoms. The molecule has 0 amide bonds. The fourth-order valence-corrected chi connectivity index (χ4v) is 6.58. The molecule has 1 fully saturated rings. The van der Waals surface area contributed by atoms with Gasteiger partial charge in [-0.25, -0.2) is 4.98 Å². The van der Waals surface area contributed by atoms with Crippen LogP contribution in [-0.4, -0.2) is 24.7 Å². The third-order valence-electron chi connectivity index (χ3n) is 8.23. The van der Waals surface area contributed by atoms with Crippen LogP contribution < -0.4 is 0 Å². The van der Waals surface area contributed by atoms with Gasteiger partial charge < -0.3 is 19.9 Å². The molecule has 0 radical (unpaired) electrons. The highest BCUT2D eigenvalue weighted by Crippen LogP contribution is 2.66. The molecule has 7 rings (SSSR count). The quantitative estimate of drug-likeness (QED) is 0.278. The molecule has 2 aromatic heterocycles. The first-order valence-corrected chi connectivity index (χ1v) is 12.7. The summed E-state index contributed by atoms with van der Waals surface area (Å²) in [6, 6.07) is 21.3. The standard InChI is InChI=1S/C30H26N4O3/c1-29-15-16-30(37-29,14-6-11-24-32-21-9-4-5-10-22(21)33-24)26-25(29)27(35)34(28(26)36)23-13-12-18(17-31)19-7-2-3-8-20(19)23/h2-5,7-10,12-13,35-36H,6,11,14-16H2,1H3,(H,32,33)/t29-,30+/m1/s1. The molecule has 3 aromatic carbocycles. The van der Waals surface area contributed by atoms with Crippen LogP contribution in [0.3, 0.4) is 0 Å². The SMILES string of the molecule is C[C@]12CC[C@](CCCc3nc4ccccc4[nH]3)(O1)c1c2c(O)n(-c2ccc(C#N)c3ccccc23)c1O. The number of aromatic hydroxyl groups is 2. The number of aryl methyl sites for hydroxylation is 1. The van der Waals surface area contributed by atoms with Crippen LogP contribution in [0.1, 0.15) is 55.1 Å². The van der Waals surface area contributed by atoms with Gasteiger partial charge in [-0.3, -0.25) is 4.57 Å². The van der Waals surface area contributed by atoms with E-state index in [1.165, 1.54) is 4.57 Å². The van der Waals surface area contributed by atoms with Gasteiger partial charge in [0.15, 0.2) is 0 Å². The lowest BCUT2D eigenvalue weighted by molar-refractivity contribution is -0.0841. The third-order valence-corrected chi connectivity index (χ3v) is 8.23. The summed E-state index contributed by atoms with van der Waals surface area (Å²) in [5, 5.41) is 34.3. The Morgan fingerprint density at radius 2 is 1.76 bits per heavy atom. The first-order chi connectivity index (χ1) is 17.9. The third kappa shape index (κ3) is 3.00. The topological polar surface area (TPSA) is 107 Å². The number of ether oxygens (including phenoxy) is 1. The largest absolute Gasteiger partial charge is 0.494 e. The fourth-order valence-electron chi connectivity index (χ4n) is 6.58. The molecule has 0 unspecified atom stereocenters. The molecule has 2 aliphatic rings. The first-order valence-electron chi connectivity index (χ1n) is 12.7. The Balaban J connectivity index is 1.28. The normalized spacial score (nSPS) is 22.1. The number of imidazole rings is 1. The molecule has 37 heavy (non-hydrogen) atoms. The zero-order valence-electron chi connectivity index (χ0n) is 20.5. The van der Waals surface area contributed by atoms with Gasteiger partial charge in [0.2, 0.25) is 11.8 Å². The van der Waals surface area contributed by atoms with Crippen molar-refractivity contribution < 1.29 is 14.9 Å². The van der Waals surface area contributed by atoms with Gasteiger partial charge in [0.1, 0.15) is 11.4 Å². The number of para-hydroxylation sites is 2. The zero-order chi connectivity index (χ0) is 25.4. The maximum absolute atomic E-state index is 11.6. The van der Waals surface area contributed by atoms with Gasteiger partial charge in [0, 0.05) is 17.2 Å². The molecule has 7 nitrogen and oxygen atoms in total. The van der Waals surface area contributed by atoms with Crippen molar-refractivity contribution in [1.82, 2.24) is 14.5 Å². The van der Waals surface area contributed by atoms with Gasteiger partial charge in [0.25, 0.3) is 0 Å². The van der Waals surface area contributed by atoms with Crippen LogP contribution in [-0.2, 0) is 22.4 Å². The van der Waals surface area contributed by atoms with Crippen LogP contribution in [0.15, 0.2) is 60.7 Å². The van der Waals surface area contributed by atoms with E-state index in [0.29, 0.717) is 28.8 Å². The molecular formula is C30H26N4O3. The maximum Gasteiger partial charge on any atom is 0.205 e. The minimum absolute atomic E-state index is 0.00344. The summed E-state index contributed by atoms with van der Waals surface area (Å²) in [6.07, 6.45) is 3.84. The van der Waals surface area contributed by atoms with Crippen molar-refractivity contribution in [3.05, 3.63) is 83.2 Å². The van der Waals surface area contributed by atoms with Crippen LogP contribution in [0.25, 0.3) is 27.5 Å². The highest BCUT2D eigenvalue weighted by molar-refractivity contribution is 5.95. The van der Waals surface area contributed by atoms with E-state index in [1.54, 1.807) is 12.1 Å². The van der Waals surface area contributed by atoms with Crippen molar-refractivity contribution in [2.24, 2.45) is 0 Å². The van der Waals surface area contributed by atoms with E-state index in [0.717, 1.165) is 53.3 Å². The zero-order valence-corrected chi connectivity index (χ0v) is 20.5. The molecule has 184 valence electrons. The predicted molar refractivity (Wildman–Crippen MR) is 140 cm³/mol. The fraction of sp³-hybridized carbons (Fsp3) is 0.267. The van der Waals surface area contributed by atoms with Gasteiger partial charge in [-0.15, -0.1) is 0 Å². The second-order valence-electron chi connectivity index (χ2n) is 10.4. The molecule has 0 aliphatic carbocycles. The summed E-state index contributed by atoms with van der Waals surface area (Å²) >= 11 is 0. The van der Waals surface area contributed by atoms with Crippen molar-refractivity contribution in [3.63, 3.8) is 0 Å². The molecule has 2 atom stereocenters. The van der Waals surface area contributed by atoms with Crippen LogP contribution in [0.2, 0.25) is 0 Å². The number of hydrogen-bond acceptors (Lipinski definition) is 5. The van der Waals surface area contributed by atoms with Crippen molar-refractivity contribution in [1.29, 1.82) is 5.26 Å². The Hall–Kier alpha value is -4.28. The van der Waals surface area contributed by atoms with Crippen LogP contribution in [0.4, 0.5) is 0 Å². The lowest BCUT2D eigenvalue weighted by Gasteiger charge is -2.26. The van der Waals surface area contributed by atoms with Crippen LogP contribution >= 0.6 is 0 Å². The molecule has 4 heterocycles. The number of fused-ring (bicyclic) bond motifs is 7. The molecule has 2 aliphatic heterocycles. The summed E-state index contributed by atoms with van der Waals surface area (Å²) in [7, 11) is 0. The van der Waals surface area contributed by atoms with Gasteiger partial charge in [-0.1, -0.05) is 36.4 Å². The maximum atomic E-state index is 11.6. The smallest absolute Gasteiger partial charge is 0.205 e. The molecular weight excluding hydrogens is 464 g/mol. The molecule has 5 aromatic rings. The lowest BCUT2D eigenvalue weighted by Crippen LogP contribution is -2.23. The second-order valence-corrected chi connectivity index (χ2v) is 10.4. The number of hydrogen-bond donors (Lipinski definition) is 3. The van der Waals surface area contributed by atoms with Gasteiger partial charge >= 0.3 is 0 Å². The van der Waals surface area contributed by atoms with Crippen molar-refractivity contribution in [2.45, 2.75) is 50.2 Å². The average Bonchev–Trinajstić information content (AvgIpc) is 3.61. The minimum Gasteiger partial charge on any atom is -0.494 e. The number of nitriles is 1. The van der Waals surface area contributed by atoms with E-state index < -0.39 is 11.2 Å². The predicted octanol–water partition coefficient (Wildman–Crippen LogP) is 6.05. The number of nitrogens with one attached hydrogen (secondary N) is 1. The van der Waals surface area contributed by atoms with Gasteiger partial charge in [0.05, 0.1) is 45.1 Å². The Labute approximate surface area is 213 Å². The van der Waals surface area contributed by atoms with Gasteiger partial charge in [-0.2, -0.15) is 5.26 Å². The van der Waals surface area contributed by atoms with E-state index in [9.17, 15) is 15.5 Å². The summed E-state index contributed by atoms with van der Waals surface area (Å²) in [4.78, 5) is 8.09. The number of H-pyrrole nitrogens is 1. The minimum atomic E-state index is -0.663. The number of benzene rings is 3. The molecule has 7 heteroatoms. The molecule has 3 N–H and O–H groups in total. The summed E-state index contributed by atoms with van der Waals surface area (Å²) in [5.74, 6) is 0.948. The van der Waals surface area contributed by atoms with Crippen molar-refractivity contribution >= 4 is 21.8 Å². The first kappa shape index (κ1) is 22.0. The number of rotatable bonds is 5. The van der Waals surface area contributed by atoms with Gasteiger partial charge in [-0.05, 0) is 56.9 Å². The molecule has 1 saturated heterocycles. The van der Waals surface area contributed by atoms with Crippen molar-refractivity contribution in [2.75, 3.05) is 0 Å². The Morgan fingerprint density at radius 3 is 2.57 bits per heavy atom. The summed E-state index contributed by atoms with van der Waals surface area (Å²) in [5.41, 5.74) is 3.21.